The van der Waals surface area contributed by atoms with Gasteiger partial charge in [-0.2, -0.15) is 0 Å². The van der Waals surface area contributed by atoms with Crippen LogP contribution in [-0.4, -0.2) is 49.0 Å². The molecule has 0 radical (unpaired) electrons. The summed E-state index contributed by atoms with van der Waals surface area (Å²) in [5.41, 5.74) is 2.17. The lowest BCUT2D eigenvalue weighted by molar-refractivity contribution is -0.131. The fourth-order valence-corrected chi connectivity index (χ4v) is 3.60. The number of nitrogens with one attached hydrogen (secondary N) is 1. The number of rotatable bonds is 7. The molecule has 0 saturated carbocycles. The van der Waals surface area contributed by atoms with Gasteiger partial charge in [0.1, 0.15) is 0 Å². The molecule has 1 aromatic carbocycles. The molecule has 0 bridgehead atoms. The third kappa shape index (κ3) is 6.97. The van der Waals surface area contributed by atoms with Crippen molar-refractivity contribution in [3.63, 3.8) is 0 Å². The quantitative estimate of drug-likeness (QED) is 0.739. The van der Waals surface area contributed by atoms with Crippen LogP contribution in [0.1, 0.15) is 18.4 Å². The van der Waals surface area contributed by atoms with E-state index in [2.05, 4.69) is 33.4 Å². The topological polar surface area (TPSA) is 48.5 Å². The van der Waals surface area contributed by atoms with E-state index in [1.54, 1.807) is 6.20 Å². The minimum atomic E-state index is 0. The maximum Gasteiger partial charge on any atom is 0.242 e. The molecule has 154 valence electrons. The number of likely N-dealkylation sites (tertiary alicyclic amines) is 1. The molecule has 3 rings (SSSR count). The van der Waals surface area contributed by atoms with Crippen molar-refractivity contribution in [2.75, 3.05) is 38.1 Å². The highest BCUT2D eigenvalue weighted by atomic mass is 35.5. The molecular weight excluding hydrogens is 395 g/mol. The highest BCUT2D eigenvalue weighted by Gasteiger charge is 2.24. The van der Waals surface area contributed by atoms with Gasteiger partial charge in [0.2, 0.25) is 5.91 Å². The first-order chi connectivity index (χ1) is 12.8. The number of piperidine rings is 1. The van der Waals surface area contributed by atoms with Crippen molar-refractivity contribution in [3.05, 3.63) is 60.4 Å². The third-order valence-electron chi connectivity index (χ3n) is 4.91. The number of para-hydroxylation sites is 1. The van der Waals surface area contributed by atoms with E-state index in [4.69, 9.17) is 0 Å². The summed E-state index contributed by atoms with van der Waals surface area (Å²) < 4.78 is 0. The highest BCUT2D eigenvalue weighted by Crippen LogP contribution is 2.19. The van der Waals surface area contributed by atoms with E-state index in [0.717, 1.165) is 37.3 Å². The molecule has 1 aliphatic rings. The Morgan fingerprint density at radius 3 is 2.68 bits per heavy atom. The van der Waals surface area contributed by atoms with Crippen molar-refractivity contribution in [3.8, 4) is 0 Å². The number of hydrogen-bond donors (Lipinski definition) is 1. The fourth-order valence-electron chi connectivity index (χ4n) is 3.60. The molecule has 1 atom stereocenters. The van der Waals surface area contributed by atoms with Crippen molar-refractivity contribution in [2.24, 2.45) is 5.92 Å². The summed E-state index contributed by atoms with van der Waals surface area (Å²) in [6.45, 7) is 3.77. The maximum atomic E-state index is 13.0. The van der Waals surface area contributed by atoms with E-state index in [0.29, 0.717) is 19.0 Å². The van der Waals surface area contributed by atoms with Crippen LogP contribution in [0.3, 0.4) is 0 Å². The van der Waals surface area contributed by atoms with Gasteiger partial charge in [-0.1, -0.05) is 24.3 Å². The Balaban J connectivity index is 0.00000196. The monoisotopic (exact) mass is 424 g/mol. The van der Waals surface area contributed by atoms with E-state index in [1.807, 2.05) is 42.4 Å². The normalized spacial score (nSPS) is 15.9. The molecule has 1 amide bonds. The number of aromatic nitrogens is 1. The van der Waals surface area contributed by atoms with Gasteiger partial charge in [-0.25, -0.2) is 0 Å². The summed E-state index contributed by atoms with van der Waals surface area (Å²) in [7, 11) is 1.98. The first kappa shape index (κ1) is 24.2. The molecule has 1 fully saturated rings. The Bertz CT molecular complexity index is 685. The molecule has 0 spiro atoms. The number of pyridine rings is 1. The van der Waals surface area contributed by atoms with Gasteiger partial charge in [-0.3, -0.25) is 9.78 Å². The number of nitrogens with zero attached hydrogens (tertiary/aromatic N) is 3. The smallest absolute Gasteiger partial charge is 0.242 e. The number of carbonyl (C=O) groups is 1. The average molecular weight is 425 g/mol. The first-order valence-electron chi connectivity index (χ1n) is 9.37. The van der Waals surface area contributed by atoms with Gasteiger partial charge in [0.15, 0.2) is 0 Å². The van der Waals surface area contributed by atoms with Gasteiger partial charge in [0.05, 0.1) is 6.54 Å². The van der Waals surface area contributed by atoms with Crippen LogP contribution >= 0.6 is 24.8 Å². The van der Waals surface area contributed by atoms with Crippen LogP contribution in [0.5, 0.6) is 0 Å². The molecule has 28 heavy (non-hydrogen) atoms. The minimum absolute atomic E-state index is 0. The largest absolute Gasteiger partial charge is 0.358 e. The summed E-state index contributed by atoms with van der Waals surface area (Å²) >= 11 is 0. The second-order valence-electron chi connectivity index (χ2n) is 6.96. The Hall–Kier alpha value is -1.82. The van der Waals surface area contributed by atoms with Gasteiger partial charge in [0.25, 0.3) is 0 Å². The van der Waals surface area contributed by atoms with Gasteiger partial charge < -0.3 is 15.1 Å². The Kier molecular flexibility index (Phi) is 10.9. The summed E-state index contributed by atoms with van der Waals surface area (Å²) in [5.74, 6) is 0.764. The van der Waals surface area contributed by atoms with Crippen molar-refractivity contribution in [1.82, 2.24) is 15.2 Å². The van der Waals surface area contributed by atoms with Crippen LogP contribution in [0.25, 0.3) is 0 Å². The SMILES string of the molecule is CNCC1CCCN(C(=O)CN(Cc2cccnc2)c2ccccc2)C1.Cl.Cl. The lowest BCUT2D eigenvalue weighted by Crippen LogP contribution is -2.46. The van der Waals surface area contributed by atoms with Crippen LogP contribution < -0.4 is 10.2 Å². The highest BCUT2D eigenvalue weighted by molar-refractivity contribution is 5.85. The average Bonchev–Trinajstić information content (AvgIpc) is 2.69. The van der Waals surface area contributed by atoms with Crippen LogP contribution in [-0.2, 0) is 11.3 Å². The third-order valence-corrected chi connectivity index (χ3v) is 4.91. The molecule has 1 aliphatic heterocycles. The van der Waals surface area contributed by atoms with E-state index in [1.165, 1.54) is 6.42 Å². The molecule has 1 N–H and O–H groups in total. The van der Waals surface area contributed by atoms with Gasteiger partial charge in [-0.15, -0.1) is 24.8 Å². The van der Waals surface area contributed by atoms with Crippen LogP contribution in [0.4, 0.5) is 5.69 Å². The van der Waals surface area contributed by atoms with Gasteiger partial charge in [-0.05, 0) is 56.1 Å². The molecule has 2 aromatic rings. The molecule has 1 aromatic heterocycles. The number of anilines is 1. The standard InChI is InChI=1S/C21H28N4O.2ClH/c1-22-13-18-8-6-12-24(15-18)21(26)17-25(20-9-3-2-4-10-20)16-19-7-5-11-23-14-19;;/h2-5,7,9-11,14,18,22H,6,8,12-13,15-17H2,1H3;2*1H. The molecule has 7 heteroatoms. The molecular formula is C21H30Cl2N4O. The van der Waals surface area contributed by atoms with Crippen molar-refractivity contribution in [2.45, 2.75) is 19.4 Å². The Labute approximate surface area is 180 Å². The lowest BCUT2D eigenvalue weighted by Gasteiger charge is -2.35. The zero-order valence-corrected chi connectivity index (χ0v) is 17.9. The Morgan fingerprint density at radius 1 is 1.21 bits per heavy atom. The van der Waals surface area contributed by atoms with Gasteiger partial charge in [0, 0.05) is 37.7 Å². The van der Waals surface area contributed by atoms with Crippen LogP contribution in [0, 0.1) is 5.92 Å². The summed E-state index contributed by atoms with van der Waals surface area (Å²) in [5, 5.41) is 3.24. The van der Waals surface area contributed by atoms with Crippen molar-refractivity contribution < 1.29 is 4.79 Å². The van der Waals surface area contributed by atoms with Crippen molar-refractivity contribution in [1.29, 1.82) is 0 Å². The number of carbonyl (C=O) groups excluding carboxylic acids is 1. The van der Waals surface area contributed by atoms with E-state index in [9.17, 15) is 4.79 Å². The molecule has 5 nitrogen and oxygen atoms in total. The number of amides is 1. The zero-order chi connectivity index (χ0) is 18.2. The van der Waals surface area contributed by atoms with E-state index < -0.39 is 0 Å². The number of hydrogen-bond acceptors (Lipinski definition) is 4. The van der Waals surface area contributed by atoms with Crippen molar-refractivity contribution >= 4 is 36.4 Å². The second kappa shape index (κ2) is 12.6. The lowest BCUT2D eigenvalue weighted by atomic mass is 9.98. The van der Waals surface area contributed by atoms with E-state index in [-0.39, 0.29) is 30.7 Å². The molecule has 2 heterocycles. The second-order valence-corrected chi connectivity index (χ2v) is 6.96. The number of benzene rings is 1. The van der Waals surface area contributed by atoms with Gasteiger partial charge >= 0.3 is 0 Å². The summed E-state index contributed by atoms with van der Waals surface area (Å²) in [4.78, 5) is 21.3. The summed E-state index contributed by atoms with van der Waals surface area (Å²) in [6.07, 6.45) is 5.93. The molecule has 1 saturated heterocycles. The summed E-state index contributed by atoms with van der Waals surface area (Å²) in [6, 6.07) is 14.1. The Morgan fingerprint density at radius 2 is 2.00 bits per heavy atom. The fraction of sp³-hybridized carbons (Fsp3) is 0.429. The predicted molar refractivity (Wildman–Crippen MR) is 119 cm³/mol. The first-order valence-corrected chi connectivity index (χ1v) is 9.37. The molecule has 1 unspecified atom stereocenters. The minimum Gasteiger partial charge on any atom is -0.358 e. The predicted octanol–water partition coefficient (Wildman–Crippen LogP) is 3.39. The number of halogens is 2. The van der Waals surface area contributed by atoms with Crippen LogP contribution in [0.2, 0.25) is 0 Å². The maximum absolute atomic E-state index is 13.0. The zero-order valence-electron chi connectivity index (χ0n) is 16.3. The van der Waals surface area contributed by atoms with Crippen LogP contribution in [0.15, 0.2) is 54.9 Å². The van der Waals surface area contributed by atoms with E-state index >= 15 is 0 Å². The molecule has 0 aliphatic carbocycles.